The van der Waals surface area contributed by atoms with Gasteiger partial charge in [-0.3, -0.25) is 9.69 Å². The van der Waals surface area contributed by atoms with Crippen molar-refractivity contribution in [3.63, 3.8) is 0 Å². The highest BCUT2D eigenvalue weighted by Crippen LogP contribution is 2.18. The van der Waals surface area contributed by atoms with Crippen LogP contribution in [-0.4, -0.2) is 48.0 Å². The van der Waals surface area contributed by atoms with E-state index in [1.807, 2.05) is 30.5 Å². The summed E-state index contributed by atoms with van der Waals surface area (Å²) < 4.78 is 15.9. The molecule has 4 nitrogen and oxygen atoms in total. The number of nitrogens with zero attached hydrogens (tertiary/aromatic N) is 3. The minimum Gasteiger partial charge on any atom is -0.369 e. The van der Waals surface area contributed by atoms with Gasteiger partial charge in [0, 0.05) is 48.6 Å². The van der Waals surface area contributed by atoms with Crippen molar-refractivity contribution in [2.45, 2.75) is 6.54 Å². The summed E-state index contributed by atoms with van der Waals surface area (Å²) in [6.07, 6.45) is 1.81. The predicted octanol–water partition coefficient (Wildman–Crippen LogP) is 4.33. The predicted molar refractivity (Wildman–Crippen MR) is 114 cm³/mol. The topological polar surface area (TPSA) is 28.5 Å². The summed E-state index contributed by atoms with van der Waals surface area (Å²) in [6.45, 7) is 4.15. The number of halogens is 2. The van der Waals surface area contributed by atoms with Crippen molar-refractivity contribution in [2.24, 2.45) is 0 Å². The monoisotopic (exact) mass is 411 g/mol. The molecule has 29 heavy (non-hydrogen) atoms. The lowest BCUT2D eigenvalue weighted by Gasteiger charge is -2.35. The number of hydrogen-bond acceptors (Lipinski definition) is 3. The number of piperazine rings is 1. The normalized spacial score (nSPS) is 14.9. The number of rotatable bonds is 6. The van der Waals surface area contributed by atoms with Crippen LogP contribution in [0.5, 0.6) is 0 Å². The Bertz CT molecular complexity index is 981. The van der Waals surface area contributed by atoms with Crippen molar-refractivity contribution in [3.8, 4) is 0 Å². The fourth-order valence-corrected chi connectivity index (χ4v) is 3.88. The van der Waals surface area contributed by atoms with Crippen LogP contribution in [-0.2, 0) is 6.54 Å². The zero-order valence-electron chi connectivity index (χ0n) is 16.1. The highest BCUT2D eigenvalue weighted by molar-refractivity contribution is 6.30. The molecule has 6 heteroatoms. The van der Waals surface area contributed by atoms with Gasteiger partial charge in [-0.05, 0) is 36.4 Å². The van der Waals surface area contributed by atoms with Gasteiger partial charge in [-0.1, -0.05) is 35.9 Å². The summed E-state index contributed by atoms with van der Waals surface area (Å²) in [5, 5.41) is 0.365. The summed E-state index contributed by atoms with van der Waals surface area (Å²) in [5.74, 6) is -0.306. The fourth-order valence-electron chi connectivity index (χ4n) is 3.73. The average Bonchev–Trinajstić information content (AvgIpc) is 3.20. The lowest BCUT2D eigenvalue weighted by molar-refractivity contribution is 0.0917. The SMILES string of the molecule is O=C(CN1CCN(c2ccccc2)CC1)c1cccn1Cc1ccc(Cl)cc1F. The molecule has 0 radical (unpaired) electrons. The molecule has 0 spiro atoms. The first-order chi connectivity index (χ1) is 14.1. The van der Waals surface area contributed by atoms with Crippen LogP contribution in [0.2, 0.25) is 5.02 Å². The standard InChI is InChI=1S/C23H23ClFN3O/c24-19-9-8-18(21(25)15-19)16-28-10-4-7-22(28)23(29)17-26-11-13-27(14-12-26)20-5-2-1-3-6-20/h1-10,15H,11-14,16-17H2. The van der Waals surface area contributed by atoms with Crippen LogP contribution < -0.4 is 4.90 Å². The van der Waals surface area contributed by atoms with Crippen molar-refractivity contribution in [3.05, 3.63) is 89.0 Å². The van der Waals surface area contributed by atoms with E-state index < -0.39 is 0 Å². The van der Waals surface area contributed by atoms with E-state index >= 15 is 0 Å². The molecule has 1 aromatic heterocycles. The third-order valence-corrected chi connectivity index (χ3v) is 5.57. The Kier molecular flexibility index (Phi) is 5.97. The molecule has 0 unspecified atom stereocenters. The summed E-state index contributed by atoms with van der Waals surface area (Å²) >= 11 is 5.83. The van der Waals surface area contributed by atoms with Gasteiger partial charge >= 0.3 is 0 Å². The maximum absolute atomic E-state index is 14.1. The molecule has 1 saturated heterocycles. The second-order valence-electron chi connectivity index (χ2n) is 7.28. The molecule has 2 heterocycles. The van der Waals surface area contributed by atoms with Crippen molar-refractivity contribution in [2.75, 3.05) is 37.6 Å². The molecule has 0 saturated carbocycles. The molecule has 1 aliphatic heterocycles. The molecule has 0 bridgehead atoms. The van der Waals surface area contributed by atoms with Crippen LogP contribution in [0, 0.1) is 5.82 Å². The molecule has 1 aliphatic rings. The molecule has 4 rings (SSSR count). The lowest BCUT2D eigenvalue weighted by atomic mass is 10.2. The maximum Gasteiger partial charge on any atom is 0.193 e. The quantitative estimate of drug-likeness (QED) is 0.565. The third kappa shape index (κ3) is 4.69. The number of hydrogen-bond donors (Lipinski definition) is 0. The number of carbonyl (C=O) groups is 1. The number of carbonyl (C=O) groups excluding carboxylic acids is 1. The van der Waals surface area contributed by atoms with E-state index in [0.29, 0.717) is 29.4 Å². The molecule has 0 atom stereocenters. The second kappa shape index (κ2) is 8.80. The fraction of sp³-hybridized carbons (Fsp3) is 0.261. The zero-order chi connectivity index (χ0) is 20.2. The van der Waals surface area contributed by atoms with Gasteiger partial charge in [0.2, 0.25) is 0 Å². The third-order valence-electron chi connectivity index (χ3n) is 5.33. The summed E-state index contributed by atoms with van der Waals surface area (Å²) in [6, 6.07) is 18.6. The molecule has 2 aromatic carbocycles. The number of ketones is 1. The highest BCUT2D eigenvalue weighted by atomic mass is 35.5. The number of anilines is 1. The van der Waals surface area contributed by atoms with Gasteiger partial charge in [0.15, 0.2) is 5.78 Å². The molecule has 0 amide bonds. The number of para-hydroxylation sites is 1. The van der Waals surface area contributed by atoms with Gasteiger partial charge < -0.3 is 9.47 Å². The van der Waals surface area contributed by atoms with Crippen molar-refractivity contribution >= 4 is 23.1 Å². The van der Waals surface area contributed by atoms with Gasteiger partial charge in [-0.15, -0.1) is 0 Å². The molecular weight excluding hydrogens is 389 g/mol. The van der Waals surface area contributed by atoms with Crippen LogP contribution >= 0.6 is 11.6 Å². The van der Waals surface area contributed by atoms with Crippen molar-refractivity contribution < 1.29 is 9.18 Å². The van der Waals surface area contributed by atoms with Gasteiger partial charge in [-0.2, -0.15) is 0 Å². The van der Waals surface area contributed by atoms with Gasteiger partial charge in [-0.25, -0.2) is 4.39 Å². The minimum atomic E-state index is -0.360. The smallest absolute Gasteiger partial charge is 0.193 e. The first-order valence-corrected chi connectivity index (χ1v) is 10.1. The number of Topliss-reactive ketones (excluding diaryl/α,β-unsaturated/α-hetero) is 1. The molecule has 0 aliphatic carbocycles. The Morgan fingerprint density at radius 2 is 1.72 bits per heavy atom. The molecule has 3 aromatic rings. The summed E-state index contributed by atoms with van der Waals surface area (Å²) in [5.41, 5.74) is 2.33. The van der Waals surface area contributed by atoms with Gasteiger partial charge in [0.1, 0.15) is 5.82 Å². The largest absolute Gasteiger partial charge is 0.369 e. The van der Waals surface area contributed by atoms with Crippen LogP contribution in [0.3, 0.4) is 0 Å². The number of aromatic nitrogens is 1. The van der Waals surface area contributed by atoms with Crippen molar-refractivity contribution in [1.29, 1.82) is 0 Å². The first-order valence-electron chi connectivity index (χ1n) is 9.75. The number of benzene rings is 2. The van der Waals surface area contributed by atoms with Crippen molar-refractivity contribution in [1.82, 2.24) is 9.47 Å². The van der Waals surface area contributed by atoms with E-state index in [2.05, 4.69) is 21.9 Å². The average molecular weight is 412 g/mol. The Balaban J connectivity index is 1.37. The van der Waals surface area contributed by atoms with Gasteiger partial charge in [0.05, 0.1) is 18.8 Å². The Morgan fingerprint density at radius 1 is 0.966 bits per heavy atom. The molecule has 1 fully saturated rings. The van der Waals surface area contributed by atoms with E-state index in [4.69, 9.17) is 11.6 Å². The van der Waals surface area contributed by atoms with E-state index in [9.17, 15) is 9.18 Å². The zero-order valence-corrected chi connectivity index (χ0v) is 16.9. The van der Waals surface area contributed by atoms with Gasteiger partial charge in [0.25, 0.3) is 0 Å². The Morgan fingerprint density at radius 3 is 2.45 bits per heavy atom. The van der Waals surface area contributed by atoms with E-state index in [-0.39, 0.29) is 11.6 Å². The lowest BCUT2D eigenvalue weighted by Crippen LogP contribution is -2.48. The van der Waals surface area contributed by atoms with E-state index in [0.717, 1.165) is 26.2 Å². The molecule has 0 N–H and O–H groups in total. The second-order valence-corrected chi connectivity index (χ2v) is 7.72. The van der Waals surface area contributed by atoms with Crippen LogP contribution in [0.1, 0.15) is 16.1 Å². The van der Waals surface area contributed by atoms with Crippen LogP contribution in [0.15, 0.2) is 66.9 Å². The molecule has 150 valence electrons. The Labute approximate surface area is 175 Å². The van der Waals surface area contributed by atoms with Crippen LogP contribution in [0.25, 0.3) is 0 Å². The molecular formula is C23H23ClFN3O. The first kappa shape index (κ1) is 19.7. The Hall–Kier alpha value is -2.63. The van der Waals surface area contributed by atoms with E-state index in [1.165, 1.54) is 11.8 Å². The minimum absolute atomic E-state index is 0.0533. The highest BCUT2D eigenvalue weighted by Gasteiger charge is 2.21. The summed E-state index contributed by atoms with van der Waals surface area (Å²) in [4.78, 5) is 17.4. The maximum atomic E-state index is 14.1. The van der Waals surface area contributed by atoms with E-state index in [1.54, 1.807) is 22.8 Å². The van der Waals surface area contributed by atoms with Crippen LogP contribution in [0.4, 0.5) is 10.1 Å². The summed E-state index contributed by atoms with van der Waals surface area (Å²) in [7, 11) is 0.